The van der Waals surface area contributed by atoms with Gasteiger partial charge in [-0.05, 0) is 12.5 Å². The van der Waals surface area contributed by atoms with E-state index in [1.54, 1.807) is 0 Å². The van der Waals surface area contributed by atoms with Crippen LogP contribution in [0.15, 0.2) is 35.4 Å². The second-order valence-electron chi connectivity index (χ2n) is 7.87. The molecule has 0 aliphatic carbocycles. The molecule has 0 saturated carbocycles. The molecular formula is C17H30N2OSi2. The molecule has 0 aromatic heterocycles. The molecule has 0 aliphatic heterocycles. The summed E-state index contributed by atoms with van der Waals surface area (Å²) in [4.78, 5) is 12.2. The average Bonchev–Trinajstić information content (AvgIpc) is 2.34. The molecule has 1 aromatic rings. The first-order valence-electron chi connectivity index (χ1n) is 7.90. The molecule has 3 nitrogen and oxygen atoms in total. The van der Waals surface area contributed by atoms with E-state index < -0.39 is 16.5 Å². The third-order valence-corrected chi connectivity index (χ3v) is 10.0. The molecule has 0 bridgehead atoms. The Balaban J connectivity index is 2.77. The summed E-state index contributed by atoms with van der Waals surface area (Å²) in [7, 11) is -3.03. The van der Waals surface area contributed by atoms with Crippen molar-refractivity contribution in [3.05, 3.63) is 35.9 Å². The summed E-state index contributed by atoms with van der Waals surface area (Å²) in [5, 5.41) is 4.85. The van der Waals surface area contributed by atoms with Gasteiger partial charge in [0, 0.05) is 18.6 Å². The van der Waals surface area contributed by atoms with Crippen LogP contribution in [0, 0.1) is 0 Å². The largest absolute Gasteiger partial charge is 0.350 e. The zero-order valence-electron chi connectivity index (χ0n) is 15.1. The van der Waals surface area contributed by atoms with Gasteiger partial charge in [0.15, 0.2) is 16.5 Å². The van der Waals surface area contributed by atoms with Crippen molar-refractivity contribution in [1.29, 1.82) is 0 Å². The Morgan fingerprint density at radius 2 is 1.50 bits per heavy atom. The van der Waals surface area contributed by atoms with Crippen LogP contribution in [0.1, 0.15) is 18.9 Å². The highest BCUT2D eigenvalue weighted by atomic mass is 28.4. The van der Waals surface area contributed by atoms with E-state index in [1.807, 2.05) is 37.3 Å². The van der Waals surface area contributed by atoms with E-state index >= 15 is 0 Å². The number of Topliss-reactive ketones (excluding diaryl/α,β-unsaturated/α-hetero) is 1. The molecule has 22 heavy (non-hydrogen) atoms. The maximum atomic E-state index is 12.2. The normalized spacial score (nSPS) is 13.1. The third-order valence-electron chi connectivity index (χ3n) is 3.24. The van der Waals surface area contributed by atoms with Gasteiger partial charge in [-0.3, -0.25) is 4.79 Å². The van der Waals surface area contributed by atoms with Gasteiger partial charge in [-0.1, -0.05) is 69.6 Å². The monoisotopic (exact) mass is 334 g/mol. The van der Waals surface area contributed by atoms with Crippen LogP contribution in [0.5, 0.6) is 0 Å². The van der Waals surface area contributed by atoms with Crippen molar-refractivity contribution in [2.75, 3.05) is 0 Å². The maximum absolute atomic E-state index is 12.2. The van der Waals surface area contributed by atoms with E-state index in [0.29, 0.717) is 12.8 Å². The number of ketones is 1. The fourth-order valence-corrected chi connectivity index (χ4v) is 11.7. The Hall–Kier alpha value is -1.21. The molecule has 0 heterocycles. The van der Waals surface area contributed by atoms with Crippen molar-refractivity contribution < 1.29 is 4.79 Å². The predicted molar refractivity (Wildman–Crippen MR) is 101 cm³/mol. The van der Waals surface area contributed by atoms with Crippen LogP contribution in [0.3, 0.4) is 0 Å². The highest BCUT2D eigenvalue weighted by Crippen LogP contribution is 2.20. The smallest absolute Gasteiger partial charge is 0.158 e. The minimum absolute atomic E-state index is 0.235. The summed E-state index contributed by atoms with van der Waals surface area (Å²) in [5.41, 5.74) is 2.01. The van der Waals surface area contributed by atoms with E-state index in [4.69, 9.17) is 5.10 Å². The van der Waals surface area contributed by atoms with E-state index in [1.165, 1.54) is 0 Å². The predicted octanol–water partition coefficient (Wildman–Crippen LogP) is 4.54. The number of hydrazone groups is 1. The fourth-order valence-electron chi connectivity index (χ4n) is 2.68. The van der Waals surface area contributed by atoms with Crippen LogP contribution in [-0.2, 0) is 11.2 Å². The first kappa shape index (κ1) is 18.8. The Kier molecular flexibility index (Phi) is 6.31. The third kappa shape index (κ3) is 6.28. The van der Waals surface area contributed by atoms with E-state index in [-0.39, 0.29) is 5.78 Å². The minimum Gasteiger partial charge on any atom is -0.350 e. The molecule has 0 atom stereocenters. The molecule has 5 heteroatoms. The second-order valence-corrected chi connectivity index (χ2v) is 17.8. The summed E-state index contributed by atoms with van der Waals surface area (Å²) in [6.07, 6.45) is 0.938. The van der Waals surface area contributed by atoms with Crippen LogP contribution in [0.25, 0.3) is 0 Å². The molecule has 0 unspecified atom stereocenters. The minimum atomic E-state index is -1.51. The average molecular weight is 335 g/mol. The molecule has 0 saturated heterocycles. The van der Waals surface area contributed by atoms with Crippen molar-refractivity contribution in [3.63, 3.8) is 0 Å². The van der Waals surface area contributed by atoms with Gasteiger partial charge in [-0.15, -0.1) is 0 Å². The summed E-state index contributed by atoms with van der Waals surface area (Å²) < 4.78 is 2.37. The van der Waals surface area contributed by atoms with Crippen molar-refractivity contribution in [1.82, 2.24) is 4.34 Å². The number of benzene rings is 1. The number of hydrogen-bond acceptors (Lipinski definition) is 3. The Labute approximate surface area is 137 Å². The molecule has 0 fully saturated rings. The highest BCUT2D eigenvalue weighted by molar-refractivity contribution is 6.89. The molecule has 1 aromatic carbocycles. The molecule has 122 valence electrons. The quantitative estimate of drug-likeness (QED) is 0.417. The number of carbonyl (C=O) groups is 1. The van der Waals surface area contributed by atoms with E-state index in [0.717, 1.165) is 11.3 Å². The van der Waals surface area contributed by atoms with Crippen LogP contribution >= 0.6 is 0 Å². The number of hydrogen-bond donors (Lipinski definition) is 0. The summed E-state index contributed by atoms with van der Waals surface area (Å²) in [6.45, 7) is 15.9. The summed E-state index contributed by atoms with van der Waals surface area (Å²) >= 11 is 0. The van der Waals surface area contributed by atoms with Gasteiger partial charge in [0.2, 0.25) is 0 Å². The Bertz CT molecular complexity index is 514. The van der Waals surface area contributed by atoms with Crippen molar-refractivity contribution in [3.8, 4) is 0 Å². The lowest BCUT2D eigenvalue weighted by Crippen LogP contribution is -2.56. The van der Waals surface area contributed by atoms with Crippen LogP contribution in [0.2, 0.25) is 39.3 Å². The van der Waals surface area contributed by atoms with Crippen molar-refractivity contribution >= 4 is 28.0 Å². The SMILES string of the molecule is CC(CC(=O)Cc1ccccc1)=NN([Si](C)(C)C)[Si](C)(C)C. The Morgan fingerprint density at radius 3 is 1.95 bits per heavy atom. The lowest BCUT2D eigenvalue weighted by Gasteiger charge is -2.41. The Morgan fingerprint density at radius 1 is 1.00 bits per heavy atom. The van der Waals surface area contributed by atoms with Gasteiger partial charge in [0.05, 0.1) is 0 Å². The molecule has 0 aliphatic rings. The van der Waals surface area contributed by atoms with Gasteiger partial charge >= 0.3 is 0 Å². The number of carbonyl (C=O) groups excluding carboxylic acids is 1. The molecule has 0 spiro atoms. The standard InChI is InChI=1S/C17H30N2OSi2/c1-15(18-19(21(2,3)4)22(5,6)7)13-17(20)14-16-11-9-8-10-12-16/h8-12H,13-14H2,1-7H3. The van der Waals surface area contributed by atoms with Gasteiger partial charge in [0.1, 0.15) is 5.78 Å². The molecule has 1 rings (SSSR count). The highest BCUT2D eigenvalue weighted by Gasteiger charge is 2.33. The fraction of sp³-hybridized carbons (Fsp3) is 0.529. The topological polar surface area (TPSA) is 32.7 Å². The number of rotatable bonds is 7. The second kappa shape index (κ2) is 7.37. The van der Waals surface area contributed by atoms with Gasteiger partial charge in [-0.25, -0.2) is 5.10 Å². The zero-order valence-corrected chi connectivity index (χ0v) is 17.1. The van der Waals surface area contributed by atoms with Crippen LogP contribution < -0.4 is 0 Å². The summed E-state index contributed by atoms with van der Waals surface area (Å²) in [6, 6.07) is 9.92. The van der Waals surface area contributed by atoms with Gasteiger partial charge in [-0.2, -0.15) is 0 Å². The van der Waals surface area contributed by atoms with Gasteiger partial charge < -0.3 is 4.34 Å². The van der Waals surface area contributed by atoms with E-state index in [9.17, 15) is 4.79 Å². The van der Waals surface area contributed by atoms with Crippen LogP contribution in [-0.4, -0.2) is 32.3 Å². The van der Waals surface area contributed by atoms with E-state index in [2.05, 4.69) is 43.6 Å². The lowest BCUT2D eigenvalue weighted by atomic mass is 10.1. The molecule has 0 amide bonds. The molecular weight excluding hydrogens is 304 g/mol. The molecule has 0 radical (unpaired) electrons. The zero-order chi connectivity index (χ0) is 17.0. The maximum Gasteiger partial charge on any atom is 0.158 e. The molecule has 0 N–H and O–H groups in total. The first-order valence-corrected chi connectivity index (χ1v) is 14.8. The van der Waals surface area contributed by atoms with Crippen LogP contribution in [0.4, 0.5) is 0 Å². The lowest BCUT2D eigenvalue weighted by molar-refractivity contribution is -0.117. The first-order chi connectivity index (χ1) is 10.00. The summed E-state index contributed by atoms with van der Waals surface area (Å²) in [5.74, 6) is 0.235. The van der Waals surface area contributed by atoms with Crippen molar-refractivity contribution in [2.24, 2.45) is 5.10 Å². The van der Waals surface area contributed by atoms with Crippen molar-refractivity contribution in [2.45, 2.75) is 59.0 Å². The number of nitrogens with zero attached hydrogens (tertiary/aromatic N) is 2. The van der Waals surface area contributed by atoms with Gasteiger partial charge in [0.25, 0.3) is 0 Å².